The van der Waals surface area contributed by atoms with E-state index < -0.39 is 0 Å². The fourth-order valence-electron chi connectivity index (χ4n) is 7.05. The Bertz CT molecular complexity index is 2010. The Morgan fingerprint density at radius 3 is 2.37 bits per heavy atom. The van der Waals surface area contributed by atoms with E-state index in [9.17, 15) is 4.79 Å². The van der Waals surface area contributed by atoms with Crippen LogP contribution in [0, 0.1) is 6.92 Å². The molecule has 212 valence electrons. The Kier molecular flexibility index (Phi) is 5.91. The second-order valence-corrected chi connectivity index (χ2v) is 11.9. The largest absolute Gasteiger partial charge is 0.332 e. The van der Waals surface area contributed by atoms with Crippen molar-refractivity contribution in [1.82, 2.24) is 29.4 Å². The molecular formula is C36H32N6O. The highest BCUT2D eigenvalue weighted by Gasteiger charge is 2.48. The summed E-state index contributed by atoms with van der Waals surface area (Å²) in [5, 5.41) is 5.62. The second kappa shape index (κ2) is 9.85. The number of hydrogen-bond acceptors (Lipinski definition) is 5. The summed E-state index contributed by atoms with van der Waals surface area (Å²) < 4.78 is 1.84. The van der Waals surface area contributed by atoms with Crippen molar-refractivity contribution >= 4 is 22.6 Å². The van der Waals surface area contributed by atoms with E-state index in [1.807, 2.05) is 53.8 Å². The van der Waals surface area contributed by atoms with Gasteiger partial charge in [0.1, 0.15) is 0 Å². The van der Waals surface area contributed by atoms with Crippen LogP contribution in [0.15, 0.2) is 97.2 Å². The van der Waals surface area contributed by atoms with Gasteiger partial charge in [-0.25, -0.2) is 9.97 Å². The minimum Gasteiger partial charge on any atom is -0.332 e. The predicted octanol–water partition coefficient (Wildman–Crippen LogP) is 6.50. The Morgan fingerprint density at radius 2 is 1.58 bits per heavy atom. The molecule has 7 nitrogen and oxygen atoms in total. The number of rotatable bonds is 4. The van der Waals surface area contributed by atoms with Gasteiger partial charge in [0.25, 0.3) is 5.91 Å². The highest BCUT2D eigenvalue weighted by molar-refractivity contribution is 6.00. The number of hydrogen-bond donors (Lipinski definition) is 0. The fraction of sp³-hybridized carbons (Fsp3) is 0.222. The molecule has 0 aliphatic carbocycles. The van der Waals surface area contributed by atoms with Gasteiger partial charge >= 0.3 is 0 Å². The van der Waals surface area contributed by atoms with Gasteiger partial charge in [0.15, 0.2) is 11.3 Å². The summed E-state index contributed by atoms with van der Waals surface area (Å²) in [6.45, 7) is 4.76. The topological polar surface area (TPSA) is 66.6 Å². The van der Waals surface area contributed by atoms with Gasteiger partial charge in [-0.1, -0.05) is 72.8 Å². The van der Waals surface area contributed by atoms with Crippen LogP contribution in [0.4, 0.5) is 0 Å². The van der Waals surface area contributed by atoms with E-state index in [4.69, 9.17) is 4.98 Å². The third-order valence-electron chi connectivity index (χ3n) is 9.39. The summed E-state index contributed by atoms with van der Waals surface area (Å²) in [6, 6.07) is 31.5. The quantitative estimate of drug-likeness (QED) is 0.245. The van der Waals surface area contributed by atoms with Crippen LogP contribution in [0.25, 0.3) is 39.1 Å². The number of carbonyl (C=O) groups is 1. The average molecular weight is 565 g/mol. The van der Waals surface area contributed by atoms with Gasteiger partial charge in [-0.3, -0.25) is 9.69 Å². The average Bonchev–Trinajstić information content (AvgIpc) is 3.53. The molecule has 7 heteroatoms. The summed E-state index contributed by atoms with van der Waals surface area (Å²) in [4.78, 5) is 27.2. The van der Waals surface area contributed by atoms with Gasteiger partial charge in [-0.2, -0.15) is 9.61 Å². The van der Waals surface area contributed by atoms with Crippen molar-refractivity contribution in [3.63, 3.8) is 0 Å². The number of nitrogens with zero attached hydrogens (tertiary/aromatic N) is 6. The van der Waals surface area contributed by atoms with E-state index in [-0.39, 0.29) is 11.4 Å². The molecule has 0 radical (unpaired) electrons. The maximum atomic E-state index is 12.9. The minimum atomic E-state index is -0.183. The number of fused-ring (bicyclic) bond motifs is 5. The Morgan fingerprint density at radius 1 is 0.837 bits per heavy atom. The van der Waals surface area contributed by atoms with Crippen molar-refractivity contribution in [2.75, 3.05) is 20.1 Å². The molecule has 1 saturated heterocycles. The lowest BCUT2D eigenvalue weighted by Crippen LogP contribution is -2.49. The van der Waals surface area contributed by atoms with E-state index in [0.29, 0.717) is 0 Å². The zero-order chi connectivity index (χ0) is 29.1. The van der Waals surface area contributed by atoms with Crippen LogP contribution >= 0.6 is 0 Å². The smallest absolute Gasteiger partial charge is 0.254 e. The van der Waals surface area contributed by atoms with Gasteiger partial charge in [0, 0.05) is 61.0 Å². The van der Waals surface area contributed by atoms with Crippen molar-refractivity contribution in [2.45, 2.75) is 31.8 Å². The number of pyridine rings is 1. The number of piperidine rings is 1. The second-order valence-electron chi connectivity index (χ2n) is 11.9. The molecule has 2 aliphatic rings. The van der Waals surface area contributed by atoms with Crippen LogP contribution in [-0.2, 0) is 12.1 Å². The van der Waals surface area contributed by atoms with E-state index in [1.165, 1.54) is 11.1 Å². The molecule has 6 aromatic rings. The molecule has 1 spiro atoms. The lowest BCUT2D eigenvalue weighted by molar-refractivity contribution is 0.0367. The van der Waals surface area contributed by atoms with E-state index in [0.717, 1.165) is 82.8 Å². The molecule has 5 heterocycles. The number of likely N-dealkylation sites (tertiary alicyclic amines) is 1. The van der Waals surface area contributed by atoms with Crippen LogP contribution in [-0.4, -0.2) is 55.4 Å². The zero-order valence-electron chi connectivity index (χ0n) is 24.4. The van der Waals surface area contributed by atoms with Crippen molar-refractivity contribution < 1.29 is 4.79 Å². The fourth-order valence-corrected chi connectivity index (χ4v) is 7.05. The maximum absolute atomic E-state index is 12.9. The maximum Gasteiger partial charge on any atom is 0.254 e. The van der Waals surface area contributed by atoms with Crippen LogP contribution < -0.4 is 0 Å². The number of aryl methyl sites for hydroxylation is 1. The monoisotopic (exact) mass is 564 g/mol. The number of aromatic nitrogens is 4. The van der Waals surface area contributed by atoms with Crippen LogP contribution in [0.1, 0.15) is 40.0 Å². The predicted molar refractivity (Wildman–Crippen MR) is 169 cm³/mol. The van der Waals surface area contributed by atoms with Gasteiger partial charge in [0.2, 0.25) is 0 Å². The molecule has 0 N–H and O–H groups in total. The molecule has 3 aromatic carbocycles. The summed E-state index contributed by atoms with van der Waals surface area (Å²) >= 11 is 0. The molecule has 43 heavy (non-hydrogen) atoms. The first-order chi connectivity index (χ1) is 21.0. The molecule has 1 fully saturated rings. The van der Waals surface area contributed by atoms with E-state index >= 15 is 0 Å². The van der Waals surface area contributed by atoms with Crippen molar-refractivity contribution in [3.8, 4) is 22.4 Å². The third-order valence-corrected chi connectivity index (χ3v) is 9.39. The molecular weight excluding hydrogens is 532 g/mol. The van der Waals surface area contributed by atoms with Gasteiger partial charge in [-0.15, -0.1) is 0 Å². The highest BCUT2D eigenvalue weighted by atomic mass is 16.2. The van der Waals surface area contributed by atoms with E-state index in [1.54, 1.807) is 0 Å². The molecule has 1 amide bonds. The van der Waals surface area contributed by atoms with Gasteiger partial charge < -0.3 is 4.90 Å². The molecule has 0 bridgehead atoms. The number of amides is 1. The van der Waals surface area contributed by atoms with Crippen LogP contribution in [0.2, 0.25) is 0 Å². The molecule has 0 unspecified atom stereocenters. The summed E-state index contributed by atoms with van der Waals surface area (Å²) in [7, 11) is 1.97. The standard InChI is InChI=1S/C36H32N6O/c1-24-20-32-37-22-28-21-30(26-8-4-3-5-9-26)33(38-34(28)42(32)39-24)27-14-12-25(13-15-27)23-41-18-16-36(17-19-41)31-11-7-6-10-29(31)35(43)40(36)2/h3-15,20-22H,16-19,23H2,1-2H3. The zero-order valence-corrected chi connectivity index (χ0v) is 24.4. The van der Waals surface area contributed by atoms with Crippen LogP contribution in [0.5, 0.6) is 0 Å². The third kappa shape index (κ3) is 4.14. The summed E-state index contributed by atoms with van der Waals surface area (Å²) in [5.74, 6) is 0.150. The lowest BCUT2D eigenvalue weighted by Gasteiger charge is -2.44. The van der Waals surface area contributed by atoms with Gasteiger partial charge in [-0.05, 0) is 48.6 Å². The lowest BCUT2D eigenvalue weighted by atomic mass is 9.81. The minimum absolute atomic E-state index is 0.150. The summed E-state index contributed by atoms with van der Waals surface area (Å²) in [6.07, 6.45) is 3.78. The molecule has 0 atom stereocenters. The highest BCUT2D eigenvalue weighted by Crippen LogP contribution is 2.45. The molecule has 0 saturated carbocycles. The Labute approximate surface area is 250 Å². The first-order valence-electron chi connectivity index (χ1n) is 14.9. The van der Waals surface area contributed by atoms with Crippen molar-refractivity contribution in [2.24, 2.45) is 0 Å². The Balaban J connectivity index is 1.08. The number of carbonyl (C=O) groups excluding carboxylic acids is 1. The molecule has 8 rings (SSSR count). The molecule has 3 aromatic heterocycles. The normalized spacial score (nSPS) is 16.4. The van der Waals surface area contributed by atoms with E-state index in [2.05, 4.69) is 81.7 Å². The van der Waals surface area contributed by atoms with Gasteiger partial charge in [0.05, 0.1) is 16.9 Å². The number of benzene rings is 3. The first-order valence-corrected chi connectivity index (χ1v) is 14.9. The van der Waals surface area contributed by atoms with Crippen molar-refractivity contribution in [3.05, 3.63) is 120 Å². The summed E-state index contributed by atoms with van der Waals surface area (Å²) in [5.41, 5.74) is 9.85. The molecule has 2 aliphatic heterocycles. The van der Waals surface area contributed by atoms with Crippen molar-refractivity contribution in [1.29, 1.82) is 0 Å². The first kappa shape index (κ1) is 25.8. The Hall–Kier alpha value is -4.88. The van der Waals surface area contributed by atoms with Crippen LogP contribution in [0.3, 0.4) is 0 Å². The SMILES string of the molecule is Cc1cc2ncc3cc(-c4ccccc4)c(-c4ccc(CN5CCC6(CC5)c5ccccc5C(=O)N6C)cc4)nc3n2n1.